The van der Waals surface area contributed by atoms with E-state index in [1.165, 1.54) is 42.7 Å². The predicted molar refractivity (Wildman–Crippen MR) is 92.2 cm³/mol. The predicted octanol–water partition coefficient (Wildman–Crippen LogP) is 2.49. The molecule has 0 aliphatic rings. The van der Waals surface area contributed by atoms with E-state index in [-0.39, 0.29) is 29.8 Å². The molecule has 0 bridgehead atoms. The summed E-state index contributed by atoms with van der Waals surface area (Å²) in [5.41, 5.74) is 4.88. The number of carbonyl (C=O) groups excluding carboxylic acids is 1. The Morgan fingerprint density at radius 3 is 2.59 bits per heavy atom. The Morgan fingerprint density at radius 1 is 1.19 bits per heavy atom. The summed E-state index contributed by atoms with van der Waals surface area (Å²) in [6.45, 7) is 0.177. The maximum atomic E-state index is 12.9. The van der Waals surface area contributed by atoms with E-state index >= 15 is 0 Å². The van der Waals surface area contributed by atoms with Crippen LogP contribution in [0.2, 0.25) is 0 Å². The molecule has 0 aliphatic heterocycles. The number of nitrogens with one attached hydrogen (secondary N) is 3. The summed E-state index contributed by atoms with van der Waals surface area (Å²) in [5.74, 6) is -1.27. The lowest BCUT2D eigenvalue weighted by atomic mass is 10.2. The highest BCUT2D eigenvalue weighted by molar-refractivity contribution is 5.92. The zero-order valence-corrected chi connectivity index (χ0v) is 13.7. The number of nitrogens with zero attached hydrogens (tertiary/aromatic N) is 3. The Balaban J connectivity index is 1.74. The maximum Gasteiger partial charge on any atom is 0.354 e. The van der Waals surface area contributed by atoms with E-state index in [0.717, 1.165) is 6.33 Å². The molecule has 3 N–H and O–H groups in total. The highest BCUT2D eigenvalue weighted by Gasteiger charge is 2.23. The van der Waals surface area contributed by atoms with E-state index in [4.69, 9.17) is 4.42 Å². The third-order valence-electron chi connectivity index (χ3n) is 3.42. The molecule has 0 fully saturated rings. The summed E-state index contributed by atoms with van der Waals surface area (Å²) in [6, 6.07) is 8.60. The molecule has 0 radical (unpaired) electrons. The number of carbonyl (C=O) groups is 1. The molecule has 1 amide bonds. The van der Waals surface area contributed by atoms with Crippen molar-refractivity contribution < 1.29 is 18.5 Å². The van der Waals surface area contributed by atoms with Crippen LogP contribution in [0.25, 0.3) is 0 Å². The monoisotopic (exact) mass is 372 g/mol. The average molecular weight is 372 g/mol. The summed E-state index contributed by atoms with van der Waals surface area (Å²) >= 11 is 0. The lowest BCUT2D eigenvalue weighted by molar-refractivity contribution is -0.383. The van der Waals surface area contributed by atoms with E-state index < -0.39 is 16.5 Å². The fourth-order valence-electron chi connectivity index (χ4n) is 2.15. The van der Waals surface area contributed by atoms with Crippen molar-refractivity contribution in [3.05, 3.63) is 76.2 Å². The van der Waals surface area contributed by atoms with Gasteiger partial charge in [-0.1, -0.05) is 12.1 Å². The number of nitro groups is 1. The van der Waals surface area contributed by atoms with Crippen LogP contribution in [0.1, 0.15) is 16.1 Å². The van der Waals surface area contributed by atoms with Crippen LogP contribution in [0.5, 0.6) is 0 Å². The molecule has 2 heterocycles. The first-order valence-corrected chi connectivity index (χ1v) is 7.62. The van der Waals surface area contributed by atoms with Crippen molar-refractivity contribution in [1.29, 1.82) is 0 Å². The Labute approximate surface area is 151 Å². The number of benzene rings is 1. The normalized spacial score (nSPS) is 10.3. The van der Waals surface area contributed by atoms with Crippen molar-refractivity contribution in [2.45, 2.75) is 6.54 Å². The number of amides is 1. The molecule has 27 heavy (non-hydrogen) atoms. The van der Waals surface area contributed by atoms with E-state index in [1.54, 1.807) is 0 Å². The lowest BCUT2D eigenvalue weighted by Gasteiger charge is -2.10. The molecular formula is C16H13FN6O4. The van der Waals surface area contributed by atoms with Crippen molar-refractivity contribution in [2.75, 3.05) is 10.7 Å². The van der Waals surface area contributed by atoms with E-state index in [0.29, 0.717) is 5.56 Å². The van der Waals surface area contributed by atoms with Gasteiger partial charge in [0.2, 0.25) is 11.6 Å². The van der Waals surface area contributed by atoms with Gasteiger partial charge in [0.15, 0.2) is 5.76 Å². The van der Waals surface area contributed by atoms with Crippen LogP contribution < -0.4 is 16.2 Å². The molecule has 0 aliphatic carbocycles. The molecular weight excluding hydrogens is 359 g/mol. The van der Waals surface area contributed by atoms with Gasteiger partial charge in [-0.05, 0) is 29.8 Å². The maximum absolute atomic E-state index is 12.9. The van der Waals surface area contributed by atoms with Gasteiger partial charge in [-0.2, -0.15) is 0 Å². The summed E-state index contributed by atoms with van der Waals surface area (Å²) in [5, 5.41) is 14.2. The SMILES string of the molecule is O=C(NNc1ncnc(NCc2ccc(F)cc2)c1[N+](=O)[O-])c1ccco1. The Bertz CT molecular complexity index is 946. The van der Waals surface area contributed by atoms with Gasteiger partial charge in [0.1, 0.15) is 12.1 Å². The second-order valence-corrected chi connectivity index (χ2v) is 5.21. The van der Waals surface area contributed by atoms with Crippen molar-refractivity contribution in [2.24, 2.45) is 0 Å². The number of aromatic nitrogens is 2. The number of rotatable bonds is 7. The van der Waals surface area contributed by atoms with Gasteiger partial charge in [0, 0.05) is 6.54 Å². The zero-order chi connectivity index (χ0) is 19.2. The first kappa shape index (κ1) is 17.8. The summed E-state index contributed by atoms with van der Waals surface area (Å²) in [4.78, 5) is 30.2. The minimum atomic E-state index is -0.686. The molecule has 2 aromatic heterocycles. The van der Waals surface area contributed by atoms with Crippen molar-refractivity contribution in [3.63, 3.8) is 0 Å². The van der Waals surface area contributed by atoms with E-state index in [9.17, 15) is 19.3 Å². The van der Waals surface area contributed by atoms with Crippen LogP contribution in [0.3, 0.4) is 0 Å². The molecule has 0 saturated heterocycles. The lowest BCUT2D eigenvalue weighted by Crippen LogP contribution is -2.30. The highest BCUT2D eigenvalue weighted by Crippen LogP contribution is 2.28. The van der Waals surface area contributed by atoms with Crippen LogP contribution in [-0.2, 0) is 6.54 Å². The van der Waals surface area contributed by atoms with Gasteiger partial charge in [-0.25, -0.2) is 14.4 Å². The van der Waals surface area contributed by atoms with Crippen LogP contribution in [0, 0.1) is 15.9 Å². The first-order valence-electron chi connectivity index (χ1n) is 7.62. The molecule has 0 unspecified atom stereocenters. The largest absolute Gasteiger partial charge is 0.459 e. The smallest absolute Gasteiger partial charge is 0.354 e. The molecule has 0 saturated carbocycles. The number of hydrogen-bond acceptors (Lipinski definition) is 8. The first-order chi connectivity index (χ1) is 13.0. The van der Waals surface area contributed by atoms with Gasteiger partial charge in [-0.3, -0.25) is 25.8 Å². The van der Waals surface area contributed by atoms with Crippen LogP contribution in [0.15, 0.2) is 53.4 Å². The topological polar surface area (TPSA) is 135 Å². The van der Waals surface area contributed by atoms with Crippen LogP contribution in [-0.4, -0.2) is 20.8 Å². The highest BCUT2D eigenvalue weighted by atomic mass is 19.1. The molecule has 138 valence electrons. The number of furan rings is 1. The fourth-order valence-corrected chi connectivity index (χ4v) is 2.15. The molecule has 0 atom stereocenters. The second kappa shape index (κ2) is 7.91. The van der Waals surface area contributed by atoms with Gasteiger partial charge >= 0.3 is 11.6 Å². The number of halogens is 1. The second-order valence-electron chi connectivity index (χ2n) is 5.21. The summed E-state index contributed by atoms with van der Waals surface area (Å²) in [6.07, 6.45) is 2.42. The minimum Gasteiger partial charge on any atom is -0.459 e. The molecule has 11 heteroatoms. The average Bonchev–Trinajstić information content (AvgIpc) is 3.20. The Hall–Kier alpha value is -4.02. The summed E-state index contributed by atoms with van der Waals surface area (Å²) < 4.78 is 17.9. The van der Waals surface area contributed by atoms with Gasteiger partial charge in [0.25, 0.3) is 0 Å². The number of anilines is 2. The Morgan fingerprint density at radius 2 is 1.93 bits per heavy atom. The number of hydrogen-bond donors (Lipinski definition) is 3. The zero-order valence-electron chi connectivity index (χ0n) is 13.7. The van der Waals surface area contributed by atoms with Gasteiger partial charge < -0.3 is 9.73 Å². The van der Waals surface area contributed by atoms with Gasteiger partial charge in [-0.15, -0.1) is 0 Å². The summed E-state index contributed by atoms with van der Waals surface area (Å²) in [7, 11) is 0. The van der Waals surface area contributed by atoms with Crippen LogP contribution >= 0.6 is 0 Å². The molecule has 10 nitrogen and oxygen atoms in total. The van der Waals surface area contributed by atoms with Gasteiger partial charge in [0.05, 0.1) is 11.2 Å². The van der Waals surface area contributed by atoms with Crippen molar-refractivity contribution in [3.8, 4) is 0 Å². The molecule has 0 spiro atoms. The molecule has 1 aromatic carbocycles. The number of hydrazine groups is 1. The minimum absolute atomic E-state index is 0.0221. The third kappa shape index (κ3) is 4.34. The van der Waals surface area contributed by atoms with E-state index in [2.05, 4.69) is 26.1 Å². The van der Waals surface area contributed by atoms with Crippen molar-refractivity contribution in [1.82, 2.24) is 15.4 Å². The molecule has 3 aromatic rings. The Kier molecular flexibility index (Phi) is 5.21. The fraction of sp³-hybridized carbons (Fsp3) is 0.0625. The molecule has 3 rings (SSSR count). The quantitative estimate of drug-likeness (QED) is 0.425. The third-order valence-corrected chi connectivity index (χ3v) is 3.42. The van der Waals surface area contributed by atoms with E-state index in [1.807, 2.05) is 0 Å². The van der Waals surface area contributed by atoms with Crippen LogP contribution in [0.4, 0.5) is 21.7 Å². The standard InChI is InChI=1S/C16H13FN6O4/c17-11-5-3-10(4-6-11)8-18-14-13(23(25)26)15(20-9-19-14)21-22-16(24)12-2-1-7-27-12/h1-7,9H,8H2,(H,22,24)(H2,18,19,20,21). The van der Waals surface area contributed by atoms with Crippen molar-refractivity contribution >= 4 is 23.2 Å².